The summed E-state index contributed by atoms with van der Waals surface area (Å²) >= 11 is 1.55. The Labute approximate surface area is 256 Å². The minimum Gasteiger partial charge on any atom is -1.00 e. The van der Waals surface area contributed by atoms with Crippen molar-refractivity contribution in [1.29, 1.82) is 0 Å². The fourth-order valence-corrected chi connectivity index (χ4v) is 6.95. The number of halogens is 1. The maximum absolute atomic E-state index is 13.6. The molecule has 0 amide bonds. The number of carbonyl (C=O) groups is 1. The number of carbonyl (C=O) groups excluding carboxylic acids is 1. The van der Waals surface area contributed by atoms with Crippen molar-refractivity contribution in [3.63, 3.8) is 0 Å². The number of ether oxygens (including phenoxy) is 1. The third-order valence-corrected chi connectivity index (χ3v) is 9.20. The van der Waals surface area contributed by atoms with Crippen LogP contribution in [0.25, 0.3) is 0 Å². The highest BCUT2D eigenvalue weighted by Gasteiger charge is 2.39. The Kier molecular flexibility index (Phi) is 12.9. The second-order valence-electron chi connectivity index (χ2n) is 8.95. The Balaban J connectivity index is 0.00000462. The highest BCUT2D eigenvalue weighted by molar-refractivity contribution is 7.48. The fourth-order valence-electron chi connectivity index (χ4n) is 4.27. The molecule has 4 aromatic rings. The van der Waals surface area contributed by atoms with E-state index in [1.54, 1.807) is 37.3 Å². The number of rotatable bonds is 14. The van der Waals surface area contributed by atoms with E-state index in [0.29, 0.717) is 18.5 Å². The minimum absolute atomic E-state index is 0. The number of nitrogens with zero attached hydrogens (tertiary/aromatic N) is 1. The third kappa shape index (κ3) is 8.92. The quantitative estimate of drug-likeness (QED) is 0.115. The summed E-state index contributed by atoms with van der Waals surface area (Å²) in [6.45, 7) is 6.74. The lowest BCUT2D eigenvalue weighted by Crippen LogP contribution is -3.00. The Morgan fingerprint density at radius 1 is 0.878 bits per heavy atom. The number of hydrogen-bond acceptors (Lipinski definition) is 7. The van der Waals surface area contributed by atoms with Crippen molar-refractivity contribution in [2.45, 2.75) is 39.8 Å². The number of aromatic nitrogens is 1. The lowest BCUT2D eigenvalue weighted by molar-refractivity contribution is -0.699. The minimum atomic E-state index is -3.86. The van der Waals surface area contributed by atoms with E-state index >= 15 is 0 Å². The maximum Gasteiger partial charge on any atom is 0.475 e. The van der Waals surface area contributed by atoms with Crippen molar-refractivity contribution in [2.75, 3.05) is 19.8 Å². The number of phosphoric acid groups is 1. The zero-order valence-corrected chi connectivity index (χ0v) is 26.7. The summed E-state index contributed by atoms with van der Waals surface area (Å²) < 4.78 is 38.6. The molecule has 218 valence electrons. The van der Waals surface area contributed by atoms with Crippen LogP contribution in [0.3, 0.4) is 0 Å². The van der Waals surface area contributed by atoms with E-state index in [4.69, 9.17) is 18.3 Å². The fraction of sp³-hybridized carbons (Fsp3) is 0.290. The predicted molar refractivity (Wildman–Crippen MR) is 155 cm³/mol. The monoisotopic (exact) mass is 659 g/mol. The van der Waals surface area contributed by atoms with Gasteiger partial charge in [-0.2, -0.15) is 4.57 Å². The molecular weight excluding hydrogens is 625 g/mol. The molecule has 0 N–H and O–H groups in total. The van der Waals surface area contributed by atoms with E-state index < -0.39 is 13.9 Å². The molecule has 0 aliphatic rings. The Hall–Kier alpha value is -2.65. The van der Waals surface area contributed by atoms with Crippen molar-refractivity contribution in [2.24, 2.45) is 0 Å². The number of esters is 1. The van der Waals surface area contributed by atoms with E-state index in [0.717, 1.165) is 26.7 Å². The van der Waals surface area contributed by atoms with Gasteiger partial charge in [-0.15, -0.1) is 0 Å². The molecule has 0 aliphatic carbocycles. The summed E-state index contributed by atoms with van der Waals surface area (Å²) in [6.07, 6.45) is -0.182. The van der Waals surface area contributed by atoms with Gasteiger partial charge in [-0.25, -0.2) is 9.36 Å². The molecule has 1 aromatic heterocycles. The number of benzene rings is 3. The van der Waals surface area contributed by atoms with E-state index in [1.165, 1.54) is 0 Å². The smallest absolute Gasteiger partial charge is 0.475 e. The molecule has 0 spiro atoms. The zero-order valence-electron chi connectivity index (χ0n) is 23.4. The molecule has 0 radical (unpaired) electrons. The van der Waals surface area contributed by atoms with Crippen molar-refractivity contribution in [3.05, 3.63) is 123 Å². The summed E-state index contributed by atoms with van der Waals surface area (Å²) in [5, 5.41) is 0.844. The normalized spacial score (nSPS) is 12.0. The van der Waals surface area contributed by atoms with Crippen LogP contribution in [0.2, 0.25) is 0 Å². The van der Waals surface area contributed by atoms with Crippen LogP contribution in [-0.2, 0) is 35.8 Å². The Bertz CT molecular complexity index is 1410. The van der Waals surface area contributed by atoms with Crippen molar-refractivity contribution in [3.8, 4) is 0 Å². The van der Waals surface area contributed by atoms with Crippen molar-refractivity contribution >= 4 is 25.1 Å². The first-order chi connectivity index (χ1) is 19.4. The third-order valence-electron chi connectivity index (χ3n) is 6.19. The van der Waals surface area contributed by atoms with Gasteiger partial charge in [0.15, 0.2) is 18.3 Å². The predicted octanol–water partition coefficient (Wildman–Crippen LogP) is 4.08. The second kappa shape index (κ2) is 16.1. The zero-order chi connectivity index (χ0) is 28.4. The van der Waals surface area contributed by atoms with Crippen LogP contribution in [0.1, 0.15) is 57.0 Å². The van der Waals surface area contributed by atoms with Crippen LogP contribution >= 0.6 is 19.2 Å². The summed E-state index contributed by atoms with van der Waals surface area (Å²) in [4.78, 5) is 13.5. The van der Waals surface area contributed by atoms with Gasteiger partial charge in [0.1, 0.15) is 0 Å². The molecule has 10 heteroatoms. The lowest BCUT2D eigenvalue weighted by Gasteiger charge is -2.21. The maximum atomic E-state index is 13.6. The van der Waals surface area contributed by atoms with E-state index in [-0.39, 0.29) is 42.8 Å². The average Bonchev–Trinajstić information content (AvgIpc) is 3.27. The average molecular weight is 661 g/mol. The SMILES string of the molecule is CCOP(=O)(OCC)OC(c1ccccc1)c1sc(CCOC(=O)c2ccccc2)c(C)[n+]1Cc1ccccc1.[Br-]. The van der Waals surface area contributed by atoms with Crippen LogP contribution < -0.4 is 21.5 Å². The molecular formula is C31H35BrNO6PS. The number of phosphoric ester groups is 1. The van der Waals surface area contributed by atoms with Crippen LogP contribution in [-0.4, -0.2) is 25.8 Å². The van der Waals surface area contributed by atoms with Gasteiger partial charge in [-0.3, -0.25) is 13.6 Å². The molecule has 7 nitrogen and oxygen atoms in total. The van der Waals surface area contributed by atoms with E-state index in [9.17, 15) is 9.36 Å². The molecule has 1 atom stereocenters. The topological polar surface area (TPSA) is 74.9 Å². The Morgan fingerprint density at radius 2 is 1.44 bits per heavy atom. The molecule has 1 heterocycles. The van der Waals surface area contributed by atoms with Crippen molar-refractivity contribution in [1.82, 2.24) is 0 Å². The van der Waals surface area contributed by atoms with Gasteiger partial charge in [0.25, 0.3) is 5.01 Å². The van der Waals surface area contributed by atoms with Gasteiger partial charge >= 0.3 is 13.8 Å². The van der Waals surface area contributed by atoms with E-state index in [1.807, 2.05) is 73.7 Å². The summed E-state index contributed by atoms with van der Waals surface area (Å²) in [6, 6.07) is 28.7. The number of thiazole rings is 1. The highest BCUT2D eigenvalue weighted by Crippen LogP contribution is 2.54. The molecule has 1 unspecified atom stereocenters. The molecule has 0 fully saturated rings. The summed E-state index contributed by atoms with van der Waals surface area (Å²) in [5.41, 5.74) is 3.48. The largest absolute Gasteiger partial charge is 1.00 e. The van der Waals surface area contributed by atoms with Crippen LogP contribution in [0.15, 0.2) is 91.0 Å². The van der Waals surface area contributed by atoms with Gasteiger partial charge in [-0.05, 0) is 31.5 Å². The van der Waals surface area contributed by atoms with Crippen LogP contribution in [0.4, 0.5) is 0 Å². The molecule has 41 heavy (non-hydrogen) atoms. The van der Waals surface area contributed by atoms with Crippen LogP contribution in [0.5, 0.6) is 0 Å². The molecule has 4 rings (SSSR count). The van der Waals surface area contributed by atoms with Gasteiger partial charge in [0.2, 0.25) is 0 Å². The highest BCUT2D eigenvalue weighted by atomic mass is 79.9. The first kappa shape index (κ1) is 32.9. The second-order valence-corrected chi connectivity index (χ2v) is 11.7. The van der Waals surface area contributed by atoms with Crippen LogP contribution in [0, 0.1) is 6.92 Å². The first-order valence-electron chi connectivity index (χ1n) is 13.3. The summed E-state index contributed by atoms with van der Waals surface area (Å²) in [7, 11) is -3.86. The lowest BCUT2D eigenvalue weighted by atomic mass is 10.1. The molecule has 0 bridgehead atoms. The Morgan fingerprint density at radius 3 is 2.02 bits per heavy atom. The van der Waals surface area contributed by atoms with Gasteiger partial charge in [-0.1, -0.05) is 90.2 Å². The first-order valence-corrected chi connectivity index (χ1v) is 15.6. The van der Waals surface area contributed by atoms with Gasteiger partial charge in [0, 0.05) is 18.9 Å². The standard InChI is InChI=1S/C31H35NO6PS.BrH/c1-4-36-39(34,37-5-2)38-29(26-17-11-7-12-18-26)30-32(23-25-15-9-6-10-16-25)24(3)28(40-30)21-22-35-31(33)27-19-13-8-14-20-27;/h6-20,29H,4-5,21-23H2,1-3H3;1H/q+1;/p-1. The molecule has 0 saturated heterocycles. The number of hydrogen-bond donors (Lipinski definition) is 0. The molecule has 0 saturated carbocycles. The summed E-state index contributed by atoms with van der Waals surface area (Å²) in [5.74, 6) is -0.355. The van der Waals surface area contributed by atoms with Gasteiger partial charge < -0.3 is 21.7 Å². The van der Waals surface area contributed by atoms with Crippen molar-refractivity contribution < 1.29 is 49.2 Å². The van der Waals surface area contributed by atoms with Gasteiger partial charge in [0.05, 0.1) is 30.3 Å². The van der Waals surface area contributed by atoms with E-state index in [2.05, 4.69) is 16.7 Å². The molecule has 0 aliphatic heterocycles. The molecule has 3 aromatic carbocycles.